The van der Waals surface area contributed by atoms with E-state index in [9.17, 15) is 4.79 Å². The number of aliphatic imine (C=N–C) groups is 2. The second-order valence-electron chi connectivity index (χ2n) is 5.66. The van der Waals surface area contributed by atoms with Gasteiger partial charge in [-0.2, -0.15) is 0 Å². The first-order valence-corrected chi connectivity index (χ1v) is 8.10. The molecule has 0 bridgehead atoms. The van der Waals surface area contributed by atoms with E-state index in [0.717, 1.165) is 12.4 Å². The molecule has 0 fully saturated rings. The van der Waals surface area contributed by atoms with Crippen molar-refractivity contribution < 1.29 is 13.9 Å². The maximum atomic E-state index is 12.9. The molecule has 0 spiro atoms. The van der Waals surface area contributed by atoms with Gasteiger partial charge in [0.05, 0.1) is 29.8 Å². The highest BCUT2D eigenvalue weighted by atomic mass is 35.5. The third-order valence-corrected chi connectivity index (χ3v) is 4.41. The van der Waals surface area contributed by atoms with Crippen LogP contribution in [0.25, 0.3) is 0 Å². The number of carbonyl (C=O) groups is 1. The Balaban J connectivity index is 1.69. The smallest absolute Gasteiger partial charge is 0.260 e. The fraction of sp³-hybridized carbons (Fsp3) is 0.235. The standard InChI is InChI=1S/C17H15ClN4O3/c1-9-13(14-15-19-5-6-22(15)8-20-17(14)25-9)16(23)21-10-3-4-12(24-2)11(18)7-10/h3-4,7-8H,5-6H2,1-2H3,(H,21,23). The molecule has 3 heterocycles. The average Bonchev–Trinajstić information content (AvgIpc) is 3.17. The van der Waals surface area contributed by atoms with Gasteiger partial charge in [-0.15, -0.1) is 0 Å². The molecule has 0 saturated heterocycles. The summed E-state index contributed by atoms with van der Waals surface area (Å²) in [6.45, 7) is 3.15. The number of hydrogen-bond acceptors (Lipinski definition) is 6. The molecule has 0 radical (unpaired) electrons. The lowest BCUT2D eigenvalue weighted by Crippen LogP contribution is -2.30. The Bertz CT molecular complexity index is 932. The highest BCUT2D eigenvalue weighted by molar-refractivity contribution is 6.32. The third-order valence-electron chi connectivity index (χ3n) is 4.11. The van der Waals surface area contributed by atoms with Crippen LogP contribution in [-0.4, -0.2) is 43.2 Å². The van der Waals surface area contributed by atoms with Gasteiger partial charge in [0.1, 0.15) is 23.7 Å². The second kappa shape index (κ2) is 5.93. The van der Waals surface area contributed by atoms with Crippen LogP contribution in [0, 0.1) is 6.92 Å². The molecule has 2 aliphatic rings. The number of aryl methyl sites for hydroxylation is 1. The van der Waals surface area contributed by atoms with Crippen molar-refractivity contribution in [2.75, 3.05) is 25.5 Å². The van der Waals surface area contributed by atoms with Crippen molar-refractivity contribution in [3.8, 4) is 5.75 Å². The summed E-state index contributed by atoms with van der Waals surface area (Å²) >= 11 is 6.12. The molecule has 4 rings (SSSR count). The molecule has 0 atom stereocenters. The van der Waals surface area contributed by atoms with Crippen molar-refractivity contribution in [2.45, 2.75) is 6.92 Å². The molecule has 7 nitrogen and oxygen atoms in total. The van der Waals surface area contributed by atoms with Gasteiger partial charge in [0.2, 0.25) is 5.88 Å². The van der Waals surface area contributed by atoms with Crippen molar-refractivity contribution in [1.29, 1.82) is 0 Å². The molecule has 8 heteroatoms. The normalized spacial score (nSPS) is 14.8. The van der Waals surface area contributed by atoms with Crippen LogP contribution in [0.2, 0.25) is 5.02 Å². The molecule has 0 unspecified atom stereocenters. The van der Waals surface area contributed by atoms with Gasteiger partial charge in [-0.3, -0.25) is 9.79 Å². The molecule has 1 aromatic carbocycles. The molecule has 1 N–H and O–H groups in total. The van der Waals surface area contributed by atoms with E-state index in [-0.39, 0.29) is 5.91 Å². The van der Waals surface area contributed by atoms with E-state index in [1.165, 1.54) is 7.11 Å². The van der Waals surface area contributed by atoms with Gasteiger partial charge >= 0.3 is 0 Å². The minimum Gasteiger partial charge on any atom is -0.495 e. The molecular formula is C17H15ClN4O3. The third kappa shape index (κ3) is 2.56. The zero-order valence-electron chi connectivity index (χ0n) is 13.7. The largest absolute Gasteiger partial charge is 0.495 e. The molecule has 2 aliphatic heterocycles. The number of benzene rings is 1. The maximum Gasteiger partial charge on any atom is 0.260 e. The molecule has 2 aromatic rings. The summed E-state index contributed by atoms with van der Waals surface area (Å²) in [5.74, 6) is 1.87. The Hall–Kier alpha value is -2.80. The predicted octanol–water partition coefficient (Wildman–Crippen LogP) is 3.24. The summed E-state index contributed by atoms with van der Waals surface area (Å²) in [5, 5.41) is 3.26. The number of hydrogen-bond donors (Lipinski definition) is 1. The van der Waals surface area contributed by atoms with Crippen LogP contribution in [0.3, 0.4) is 0 Å². The SMILES string of the molecule is COc1ccc(NC(=O)c2c(C)oc3c2C2=NCCN2C=N3)cc1Cl. The number of ether oxygens (including phenoxy) is 1. The highest BCUT2D eigenvalue weighted by Crippen LogP contribution is 2.35. The lowest BCUT2D eigenvalue weighted by atomic mass is 10.1. The number of anilines is 1. The second-order valence-corrected chi connectivity index (χ2v) is 6.07. The average molecular weight is 359 g/mol. The highest BCUT2D eigenvalue weighted by Gasteiger charge is 2.33. The van der Waals surface area contributed by atoms with Crippen molar-refractivity contribution >= 4 is 41.3 Å². The minimum absolute atomic E-state index is 0.296. The topological polar surface area (TPSA) is 79.4 Å². The number of amidine groups is 1. The lowest BCUT2D eigenvalue weighted by molar-refractivity contribution is 0.102. The van der Waals surface area contributed by atoms with Crippen molar-refractivity contribution in [2.24, 2.45) is 9.98 Å². The van der Waals surface area contributed by atoms with E-state index in [1.54, 1.807) is 31.5 Å². The number of halogens is 1. The van der Waals surface area contributed by atoms with Crippen LogP contribution in [0.1, 0.15) is 21.7 Å². The predicted molar refractivity (Wildman–Crippen MR) is 95.7 cm³/mol. The van der Waals surface area contributed by atoms with Gasteiger partial charge in [0.15, 0.2) is 0 Å². The Kier molecular flexibility index (Phi) is 3.73. The van der Waals surface area contributed by atoms with Crippen LogP contribution in [0.5, 0.6) is 5.75 Å². The summed E-state index contributed by atoms with van der Waals surface area (Å²) in [4.78, 5) is 23.5. The first-order valence-electron chi connectivity index (χ1n) is 7.72. The van der Waals surface area contributed by atoms with E-state index in [1.807, 2.05) is 4.90 Å². The van der Waals surface area contributed by atoms with E-state index in [0.29, 0.717) is 45.8 Å². The van der Waals surface area contributed by atoms with Crippen LogP contribution in [0.15, 0.2) is 32.6 Å². The number of methoxy groups -OCH3 is 1. The monoisotopic (exact) mass is 358 g/mol. The van der Waals surface area contributed by atoms with Gasteiger partial charge in [-0.05, 0) is 25.1 Å². The van der Waals surface area contributed by atoms with Crippen LogP contribution in [0.4, 0.5) is 11.6 Å². The molecule has 25 heavy (non-hydrogen) atoms. The molecule has 0 saturated carbocycles. The number of amides is 1. The van der Waals surface area contributed by atoms with E-state index < -0.39 is 0 Å². The van der Waals surface area contributed by atoms with Gasteiger partial charge < -0.3 is 19.4 Å². The summed E-state index contributed by atoms with van der Waals surface area (Å²) in [6, 6.07) is 5.06. The van der Waals surface area contributed by atoms with Gasteiger partial charge in [-0.25, -0.2) is 4.99 Å². The summed E-state index contributed by atoms with van der Waals surface area (Å²) in [6.07, 6.45) is 1.68. The Morgan fingerprint density at radius 1 is 1.44 bits per heavy atom. The van der Waals surface area contributed by atoms with Crippen molar-refractivity contribution in [3.63, 3.8) is 0 Å². The van der Waals surface area contributed by atoms with Crippen LogP contribution >= 0.6 is 11.6 Å². The zero-order chi connectivity index (χ0) is 17.6. The Labute approximate surface area is 149 Å². The van der Waals surface area contributed by atoms with E-state index in [2.05, 4.69) is 15.3 Å². The maximum absolute atomic E-state index is 12.9. The Morgan fingerprint density at radius 3 is 3.04 bits per heavy atom. The van der Waals surface area contributed by atoms with Gasteiger partial charge in [0.25, 0.3) is 5.91 Å². The van der Waals surface area contributed by atoms with Gasteiger partial charge in [0, 0.05) is 12.2 Å². The molecular weight excluding hydrogens is 344 g/mol. The summed E-state index contributed by atoms with van der Waals surface area (Å²) in [7, 11) is 1.54. The molecule has 1 amide bonds. The van der Waals surface area contributed by atoms with Gasteiger partial charge in [-0.1, -0.05) is 11.6 Å². The van der Waals surface area contributed by atoms with E-state index >= 15 is 0 Å². The first kappa shape index (κ1) is 15.7. The van der Waals surface area contributed by atoms with Crippen LogP contribution < -0.4 is 10.1 Å². The van der Waals surface area contributed by atoms with Crippen LogP contribution in [-0.2, 0) is 0 Å². The number of carbonyl (C=O) groups excluding carboxylic acids is 1. The lowest BCUT2D eigenvalue weighted by Gasteiger charge is -2.18. The molecule has 128 valence electrons. The number of fused-ring (bicyclic) bond motifs is 3. The quantitative estimate of drug-likeness (QED) is 0.913. The van der Waals surface area contributed by atoms with Crippen molar-refractivity contribution in [3.05, 3.63) is 40.1 Å². The Morgan fingerprint density at radius 2 is 2.28 bits per heavy atom. The van der Waals surface area contributed by atoms with E-state index in [4.69, 9.17) is 20.8 Å². The molecule has 0 aliphatic carbocycles. The number of furan rings is 1. The number of nitrogens with one attached hydrogen (secondary N) is 1. The summed E-state index contributed by atoms with van der Waals surface area (Å²) in [5.41, 5.74) is 1.63. The zero-order valence-corrected chi connectivity index (χ0v) is 14.4. The minimum atomic E-state index is -0.296. The number of rotatable bonds is 3. The summed E-state index contributed by atoms with van der Waals surface area (Å²) < 4.78 is 10.8. The first-order chi connectivity index (χ1) is 12.1. The molecule has 1 aromatic heterocycles. The number of nitrogens with zero attached hydrogens (tertiary/aromatic N) is 3. The van der Waals surface area contributed by atoms with Crippen molar-refractivity contribution in [1.82, 2.24) is 4.90 Å². The fourth-order valence-corrected chi connectivity index (χ4v) is 3.21. The fourth-order valence-electron chi connectivity index (χ4n) is 2.96.